The molecule has 7 heteroatoms. The van der Waals surface area contributed by atoms with Crippen LogP contribution in [-0.2, 0) is 4.79 Å². The molecule has 0 spiro atoms. The lowest BCUT2D eigenvalue weighted by molar-refractivity contribution is -0.142. The molecule has 1 aromatic heterocycles. The number of aliphatic carboxylic acids is 1. The lowest BCUT2D eigenvalue weighted by Gasteiger charge is -2.33. The van der Waals surface area contributed by atoms with Crippen LogP contribution in [0.25, 0.3) is 0 Å². The molecule has 7 nitrogen and oxygen atoms in total. The van der Waals surface area contributed by atoms with Crippen LogP contribution in [0.1, 0.15) is 10.4 Å². The fraction of sp³-hybridized carbons (Fsp3) is 0.444. The van der Waals surface area contributed by atoms with Crippen molar-refractivity contribution in [1.29, 1.82) is 0 Å². The molecule has 86 valence electrons. The van der Waals surface area contributed by atoms with E-state index in [0.29, 0.717) is 18.7 Å². The maximum absolute atomic E-state index is 12.0. The minimum absolute atomic E-state index is 0.277. The molecular formula is C9H12N4O3. The fourth-order valence-electron chi connectivity index (χ4n) is 1.70. The summed E-state index contributed by atoms with van der Waals surface area (Å²) < 4.78 is 0. The topological polar surface area (TPSA) is 98.3 Å². The Labute approximate surface area is 91.4 Å². The standard InChI is InChI=1S/C9H12N4O3/c14-8(6-3-11-12-4-6)13-2-1-10-5-7(13)9(15)16/h3-4,7,10H,1-2,5H2,(H,11,12)(H,15,16). The minimum atomic E-state index is -0.996. The molecule has 1 amide bonds. The highest BCUT2D eigenvalue weighted by atomic mass is 16.4. The summed E-state index contributed by atoms with van der Waals surface area (Å²) in [5.41, 5.74) is 0.383. The van der Waals surface area contributed by atoms with Gasteiger partial charge in [-0.25, -0.2) is 4.79 Å². The highest BCUT2D eigenvalue weighted by Crippen LogP contribution is 2.09. The maximum atomic E-state index is 12.0. The molecule has 2 heterocycles. The van der Waals surface area contributed by atoms with Crippen LogP contribution in [0.3, 0.4) is 0 Å². The predicted molar refractivity (Wildman–Crippen MR) is 53.9 cm³/mol. The van der Waals surface area contributed by atoms with Crippen LogP contribution in [0.5, 0.6) is 0 Å². The summed E-state index contributed by atoms with van der Waals surface area (Å²) in [6, 6.07) is -0.809. The Bertz CT molecular complexity index is 389. The molecule has 1 aliphatic heterocycles. The summed E-state index contributed by atoms with van der Waals surface area (Å²) in [6.07, 6.45) is 2.85. The van der Waals surface area contributed by atoms with E-state index in [4.69, 9.17) is 5.11 Å². The zero-order valence-electron chi connectivity index (χ0n) is 8.51. The number of aromatic nitrogens is 2. The van der Waals surface area contributed by atoms with Gasteiger partial charge < -0.3 is 15.3 Å². The maximum Gasteiger partial charge on any atom is 0.327 e. The second-order valence-corrected chi connectivity index (χ2v) is 3.54. The number of nitrogens with zero attached hydrogens (tertiary/aromatic N) is 2. The van der Waals surface area contributed by atoms with Crippen molar-refractivity contribution in [2.45, 2.75) is 6.04 Å². The Kier molecular flexibility index (Phi) is 2.86. The molecule has 1 unspecified atom stereocenters. The summed E-state index contributed by atoms with van der Waals surface area (Å²) in [5.74, 6) is -1.30. The van der Waals surface area contributed by atoms with E-state index in [2.05, 4.69) is 15.5 Å². The molecule has 0 radical (unpaired) electrons. The van der Waals surface area contributed by atoms with Crippen molar-refractivity contribution in [3.8, 4) is 0 Å². The zero-order chi connectivity index (χ0) is 11.5. The third-order valence-electron chi connectivity index (χ3n) is 2.53. The summed E-state index contributed by atoms with van der Waals surface area (Å²) >= 11 is 0. The van der Waals surface area contributed by atoms with Crippen LogP contribution in [0.2, 0.25) is 0 Å². The van der Waals surface area contributed by atoms with Crippen LogP contribution >= 0.6 is 0 Å². The molecule has 3 N–H and O–H groups in total. The van der Waals surface area contributed by atoms with Crippen molar-refractivity contribution in [3.05, 3.63) is 18.0 Å². The molecule has 1 fully saturated rings. The number of amides is 1. The van der Waals surface area contributed by atoms with E-state index < -0.39 is 12.0 Å². The van der Waals surface area contributed by atoms with Crippen LogP contribution in [-0.4, -0.2) is 57.8 Å². The number of hydrogen-bond donors (Lipinski definition) is 3. The highest BCUT2D eigenvalue weighted by molar-refractivity contribution is 5.96. The van der Waals surface area contributed by atoms with Gasteiger partial charge in [0.15, 0.2) is 0 Å². The largest absolute Gasteiger partial charge is 0.480 e. The van der Waals surface area contributed by atoms with E-state index in [1.165, 1.54) is 17.3 Å². The fourth-order valence-corrected chi connectivity index (χ4v) is 1.70. The van der Waals surface area contributed by atoms with E-state index in [1.807, 2.05) is 0 Å². The Morgan fingerprint density at radius 2 is 2.38 bits per heavy atom. The monoisotopic (exact) mass is 224 g/mol. The number of piperazine rings is 1. The SMILES string of the molecule is O=C(O)C1CNCCN1C(=O)c1cn[nH]c1. The van der Waals surface area contributed by atoms with Crippen molar-refractivity contribution >= 4 is 11.9 Å². The van der Waals surface area contributed by atoms with E-state index >= 15 is 0 Å². The summed E-state index contributed by atoms with van der Waals surface area (Å²) in [4.78, 5) is 24.3. The third kappa shape index (κ3) is 1.89. The molecule has 1 aliphatic rings. The summed E-state index contributed by atoms with van der Waals surface area (Å²) in [7, 11) is 0. The second kappa shape index (κ2) is 4.31. The Morgan fingerprint density at radius 3 is 3.00 bits per heavy atom. The average Bonchev–Trinajstić information content (AvgIpc) is 2.81. The predicted octanol–water partition coefficient (Wildman–Crippen LogP) is -1.09. The number of aromatic amines is 1. The van der Waals surface area contributed by atoms with Crippen LogP contribution < -0.4 is 5.32 Å². The van der Waals surface area contributed by atoms with Gasteiger partial charge in [-0.15, -0.1) is 0 Å². The number of carbonyl (C=O) groups is 2. The van der Waals surface area contributed by atoms with E-state index in [1.54, 1.807) is 0 Å². The van der Waals surface area contributed by atoms with Gasteiger partial charge in [-0.3, -0.25) is 9.89 Å². The lowest BCUT2D eigenvalue weighted by atomic mass is 10.1. The van der Waals surface area contributed by atoms with E-state index in [-0.39, 0.29) is 12.5 Å². The number of carboxylic acids is 1. The van der Waals surface area contributed by atoms with Gasteiger partial charge in [-0.1, -0.05) is 0 Å². The van der Waals surface area contributed by atoms with Crippen molar-refractivity contribution in [2.75, 3.05) is 19.6 Å². The molecule has 16 heavy (non-hydrogen) atoms. The molecule has 2 rings (SSSR count). The van der Waals surface area contributed by atoms with Gasteiger partial charge >= 0.3 is 5.97 Å². The normalized spacial score (nSPS) is 20.8. The van der Waals surface area contributed by atoms with Gasteiger partial charge in [0.25, 0.3) is 5.91 Å². The van der Waals surface area contributed by atoms with Crippen molar-refractivity contribution < 1.29 is 14.7 Å². The van der Waals surface area contributed by atoms with Crippen LogP contribution in [0.15, 0.2) is 12.4 Å². The van der Waals surface area contributed by atoms with Crippen molar-refractivity contribution in [1.82, 2.24) is 20.4 Å². The third-order valence-corrected chi connectivity index (χ3v) is 2.53. The van der Waals surface area contributed by atoms with E-state index in [9.17, 15) is 9.59 Å². The zero-order valence-corrected chi connectivity index (χ0v) is 8.51. The molecule has 1 saturated heterocycles. The highest BCUT2D eigenvalue weighted by Gasteiger charge is 2.32. The second-order valence-electron chi connectivity index (χ2n) is 3.54. The van der Waals surface area contributed by atoms with Gasteiger partial charge in [0, 0.05) is 25.8 Å². The number of hydrogen-bond acceptors (Lipinski definition) is 4. The van der Waals surface area contributed by atoms with Crippen LogP contribution in [0, 0.1) is 0 Å². The first-order valence-corrected chi connectivity index (χ1v) is 4.93. The Hall–Kier alpha value is -1.89. The Morgan fingerprint density at radius 1 is 1.56 bits per heavy atom. The van der Waals surface area contributed by atoms with Gasteiger partial charge in [-0.05, 0) is 0 Å². The number of H-pyrrole nitrogens is 1. The minimum Gasteiger partial charge on any atom is -0.480 e. The van der Waals surface area contributed by atoms with E-state index in [0.717, 1.165) is 0 Å². The lowest BCUT2D eigenvalue weighted by Crippen LogP contribution is -2.56. The van der Waals surface area contributed by atoms with Crippen molar-refractivity contribution in [3.63, 3.8) is 0 Å². The molecule has 1 aromatic rings. The quantitative estimate of drug-likeness (QED) is 0.593. The van der Waals surface area contributed by atoms with Gasteiger partial charge in [0.05, 0.1) is 11.8 Å². The number of carbonyl (C=O) groups excluding carboxylic acids is 1. The molecule has 0 saturated carbocycles. The molecule has 0 aliphatic carbocycles. The average molecular weight is 224 g/mol. The molecular weight excluding hydrogens is 212 g/mol. The Balaban J connectivity index is 2.17. The smallest absolute Gasteiger partial charge is 0.327 e. The first kappa shape index (κ1) is 10.6. The first-order valence-electron chi connectivity index (χ1n) is 4.93. The summed E-state index contributed by atoms with van der Waals surface area (Å²) in [6.45, 7) is 1.27. The number of carboxylic acid groups (broad SMARTS) is 1. The van der Waals surface area contributed by atoms with Crippen LogP contribution in [0.4, 0.5) is 0 Å². The van der Waals surface area contributed by atoms with Gasteiger partial charge in [0.1, 0.15) is 6.04 Å². The van der Waals surface area contributed by atoms with Gasteiger partial charge in [0.2, 0.25) is 0 Å². The first-order chi connectivity index (χ1) is 7.70. The van der Waals surface area contributed by atoms with Gasteiger partial charge in [-0.2, -0.15) is 5.10 Å². The number of rotatable bonds is 2. The summed E-state index contributed by atoms with van der Waals surface area (Å²) in [5, 5.41) is 18.2. The molecule has 0 bridgehead atoms. The van der Waals surface area contributed by atoms with Crippen molar-refractivity contribution in [2.24, 2.45) is 0 Å². The molecule has 0 aromatic carbocycles. The number of nitrogens with one attached hydrogen (secondary N) is 2. The molecule has 1 atom stereocenters.